The summed E-state index contributed by atoms with van der Waals surface area (Å²) in [5.74, 6) is 0.445. The number of methoxy groups -OCH3 is 1. The van der Waals surface area contributed by atoms with Gasteiger partial charge in [-0.3, -0.25) is 9.59 Å². The number of carbonyl (C=O) groups excluding carboxylic acids is 2. The molecule has 0 aromatic heterocycles. The first-order valence-electron chi connectivity index (χ1n) is 8.27. The van der Waals surface area contributed by atoms with Gasteiger partial charge in [0.15, 0.2) is 9.74 Å². The quantitative estimate of drug-likeness (QED) is 0.724. The van der Waals surface area contributed by atoms with Gasteiger partial charge in [0.2, 0.25) is 0 Å². The summed E-state index contributed by atoms with van der Waals surface area (Å²) in [6.07, 6.45) is 0.307. The number of hydrogen-bond donors (Lipinski definition) is 0. The van der Waals surface area contributed by atoms with Crippen LogP contribution in [0.2, 0.25) is 0 Å². The molecule has 136 valence electrons. The van der Waals surface area contributed by atoms with Crippen molar-refractivity contribution in [3.8, 4) is 11.8 Å². The standard InChI is InChI=1S/C18H19N3O3S2/c1-16(10-19)9-18-15(23)20(3)17(2,25-26-18)14(22)21(18)13(16)11-6-5-7-12(8-11)24-4/h5-8,13H,9H2,1-4H3/t13-,16+,17-,18-/m0/s1. The van der Waals surface area contributed by atoms with Crippen LogP contribution in [0.5, 0.6) is 5.75 Å². The molecule has 8 heteroatoms. The number of rotatable bonds is 2. The van der Waals surface area contributed by atoms with Gasteiger partial charge >= 0.3 is 0 Å². The van der Waals surface area contributed by atoms with Crippen LogP contribution < -0.4 is 4.74 Å². The van der Waals surface area contributed by atoms with Crippen molar-refractivity contribution in [2.75, 3.05) is 14.2 Å². The van der Waals surface area contributed by atoms with Crippen molar-refractivity contribution in [3.63, 3.8) is 0 Å². The van der Waals surface area contributed by atoms with Crippen LogP contribution >= 0.6 is 21.6 Å². The molecule has 6 nitrogen and oxygen atoms in total. The molecule has 0 saturated carbocycles. The molecular weight excluding hydrogens is 370 g/mol. The van der Waals surface area contributed by atoms with E-state index in [9.17, 15) is 14.9 Å². The topological polar surface area (TPSA) is 73.6 Å². The van der Waals surface area contributed by atoms with Crippen LogP contribution in [0, 0.1) is 16.7 Å². The molecule has 1 aromatic rings. The summed E-state index contributed by atoms with van der Waals surface area (Å²) in [7, 11) is 6.09. The molecule has 4 heterocycles. The molecule has 26 heavy (non-hydrogen) atoms. The Morgan fingerprint density at radius 3 is 2.65 bits per heavy atom. The highest BCUT2D eigenvalue weighted by Crippen LogP contribution is 2.69. The Morgan fingerprint density at radius 1 is 1.27 bits per heavy atom. The van der Waals surface area contributed by atoms with Crippen LogP contribution in [-0.2, 0) is 9.59 Å². The van der Waals surface area contributed by atoms with E-state index in [1.165, 1.54) is 21.6 Å². The smallest absolute Gasteiger partial charge is 0.261 e. The van der Waals surface area contributed by atoms with Crippen molar-refractivity contribution in [3.05, 3.63) is 29.8 Å². The number of fused-ring (bicyclic) bond motifs is 2. The molecule has 1 spiro atoms. The highest BCUT2D eigenvalue weighted by atomic mass is 33.1. The normalized spacial score (nSPS) is 38.3. The van der Waals surface area contributed by atoms with E-state index in [-0.39, 0.29) is 11.8 Å². The van der Waals surface area contributed by atoms with Crippen molar-refractivity contribution in [1.29, 1.82) is 5.26 Å². The molecule has 1 aromatic carbocycles. The van der Waals surface area contributed by atoms with Gasteiger partial charge in [-0.05, 0) is 31.5 Å². The first-order chi connectivity index (χ1) is 12.2. The average Bonchev–Trinajstić information content (AvgIpc) is 2.93. The second-order valence-electron chi connectivity index (χ2n) is 7.36. The van der Waals surface area contributed by atoms with Gasteiger partial charge in [0.1, 0.15) is 5.75 Å². The molecule has 4 aliphatic rings. The maximum Gasteiger partial charge on any atom is 0.261 e. The molecule has 4 fully saturated rings. The Kier molecular flexibility index (Phi) is 3.60. The Balaban J connectivity index is 1.93. The zero-order chi connectivity index (χ0) is 18.9. The summed E-state index contributed by atoms with van der Waals surface area (Å²) in [6, 6.07) is 9.32. The molecule has 0 radical (unpaired) electrons. The van der Waals surface area contributed by atoms with Crippen molar-refractivity contribution < 1.29 is 14.3 Å². The van der Waals surface area contributed by atoms with E-state index in [1.807, 2.05) is 31.2 Å². The molecule has 5 rings (SSSR count). The van der Waals surface area contributed by atoms with Gasteiger partial charge in [0.25, 0.3) is 11.8 Å². The molecule has 0 unspecified atom stereocenters. The summed E-state index contributed by atoms with van der Waals surface area (Å²) in [5, 5.41) is 10.00. The largest absolute Gasteiger partial charge is 0.497 e. The summed E-state index contributed by atoms with van der Waals surface area (Å²) in [6.45, 7) is 3.62. The van der Waals surface area contributed by atoms with E-state index in [0.29, 0.717) is 12.2 Å². The highest BCUT2D eigenvalue weighted by Gasteiger charge is 2.74. The third-order valence-corrected chi connectivity index (χ3v) is 9.46. The van der Waals surface area contributed by atoms with Crippen LogP contribution in [-0.4, -0.2) is 45.5 Å². The number of amides is 2. The van der Waals surface area contributed by atoms with E-state index in [2.05, 4.69) is 6.07 Å². The second kappa shape index (κ2) is 5.33. The first-order valence-corrected chi connectivity index (χ1v) is 10.4. The van der Waals surface area contributed by atoms with E-state index in [0.717, 1.165) is 5.56 Å². The third-order valence-electron chi connectivity index (χ3n) is 5.76. The van der Waals surface area contributed by atoms with Crippen molar-refractivity contribution in [1.82, 2.24) is 9.80 Å². The average molecular weight is 390 g/mol. The van der Waals surface area contributed by atoms with Gasteiger partial charge in [-0.25, -0.2) is 0 Å². The molecule has 0 aliphatic carbocycles. The summed E-state index contributed by atoms with van der Waals surface area (Å²) < 4.78 is 5.33. The van der Waals surface area contributed by atoms with Crippen LogP contribution in [0.15, 0.2) is 24.3 Å². The third kappa shape index (κ3) is 1.90. The minimum atomic E-state index is -1.04. The van der Waals surface area contributed by atoms with Gasteiger partial charge in [0, 0.05) is 13.5 Å². The Morgan fingerprint density at radius 2 is 2.00 bits per heavy atom. The van der Waals surface area contributed by atoms with Crippen LogP contribution in [0.1, 0.15) is 31.9 Å². The first kappa shape index (κ1) is 17.6. The Hall–Kier alpha value is -1.85. The summed E-state index contributed by atoms with van der Waals surface area (Å²) in [5.41, 5.74) is -0.0578. The predicted molar refractivity (Wildman–Crippen MR) is 100 cm³/mol. The van der Waals surface area contributed by atoms with E-state index in [4.69, 9.17) is 4.74 Å². The fraction of sp³-hybridized carbons (Fsp3) is 0.500. The van der Waals surface area contributed by atoms with Crippen LogP contribution in [0.4, 0.5) is 0 Å². The van der Waals surface area contributed by atoms with Crippen molar-refractivity contribution in [2.24, 2.45) is 5.41 Å². The van der Waals surface area contributed by atoms with Crippen LogP contribution in [0.3, 0.4) is 0 Å². The number of nitriles is 1. The van der Waals surface area contributed by atoms with Crippen molar-refractivity contribution >= 4 is 33.4 Å². The fourth-order valence-corrected chi connectivity index (χ4v) is 7.81. The van der Waals surface area contributed by atoms with Gasteiger partial charge in [-0.2, -0.15) is 5.26 Å². The molecule has 2 bridgehead atoms. The molecule has 2 amide bonds. The van der Waals surface area contributed by atoms with Gasteiger partial charge in [-0.15, -0.1) is 0 Å². The Bertz CT molecular complexity index is 871. The minimum Gasteiger partial charge on any atom is -0.497 e. The number of carbonyl (C=O) groups is 2. The lowest BCUT2D eigenvalue weighted by atomic mass is 9.79. The summed E-state index contributed by atoms with van der Waals surface area (Å²) in [4.78, 5) is 27.9. The zero-order valence-electron chi connectivity index (χ0n) is 15.0. The van der Waals surface area contributed by atoms with Gasteiger partial charge < -0.3 is 14.5 Å². The lowest BCUT2D eigenvalue weighted by Crippen LogP contribution is -2.73. The Labute approximate surface area is 160 Å². The molecule has 0 N–H and O–H groups in total. The number of likely N-dealkylation sites (N-methyl/N-ethyl adjacent to an activating group) is 1. The monoisotopic (exact) mass is 389 g/mol. The van der Waals surface area contributed by atoms with E-state index < -0.39 is 21.2 Å². The minimum absolute atomic E-state index is 0.102. The number of hydrogen-bond acceptors (Lipinski definition) is 6. The van der Waals surface area contributed by atoms with Crippen molar-refractivity contribution in [2.45, 2.75) is 36.1 Å². The number of piperazine rings is 1. The molecule has 4 aliphatic heterocycles. The van der Waals surface area contributed by atoms with E-state index >= 15 is 0 Å². The lowest BCUT2D eigenvalue weighted by Gasteiger charge is -2.57. The maximum atomic E-state index is 13.4. The molecule has 4 saturated heterocycles. The molecule has 4 atom stereocenters. The zero-order valence-corrected chi connectivity index (χ0v) is 16.6. The molecular formula is C18H19N3O3S2. The SMILES string of the molecule is COc1cccc([C@@H]2N3C(=O)[C@]4(C)SS[C@@]3(C[C@]2(C)C#N)C(=O)N4C)c1. The van der Waals surface area contributed by atoms with Gasteiger partial charge in [0.05, 0.1) is 24.6 Å². The second-order valence-corrected chi connectivity index (χ2v) is 10.2. The lowest BCUT2D eigenvalue weighted by molar-refractivity contribution is -0.164. The summed E-state index contributed by atoms with van der Waals surface area (Å²) >= 11 is 0. The highest BCUT2D eigenvalue weighted by molar-refractivity contribution is 8.78. The number of nitrogens with zero attached hydrogens (tertiary/aromatic N) is 3. The maximum absolute atomic E-state index is 13.4. The van der Waals surface area contributed by atoms with Gasteiger partial charge in [-0.1, -0.05) is 33.7 Å². The van der Waals surface area contributed by atoms with Crippen LogP contribution in [0.25, 0.3) is 0 Å². The number of benzene rings is 1. The fourth-order valence-electron chi connectivity index (χ4n) is 4.23. The van der Waals surface area contributed by atoms with E-state index in [1.54, 1.807) is 30.9 Å². The predicted octanol–water partition coefficient (Wildman–Crippen LogP) is 2.78. The number of ether oxygens (including phenoxy) is 1.